The Morgan fingerprint density at radius 2 is 0.833 bits per heavy atom. The molecule has 0 bridgehead atoms. The van der Waals surface area contributed by atoms with Gasteiger partial charge in [-0.2, -0.15) is 0 Å². The number of nitrogens with zero attached hydrogens (tertiary/aromatic N) is 4. The molecule has 0 amide bonds. The van der Waals surface area contributed by atoms with Crippen LogP contribution < -0.4 is 0 Å². The van der Waals surface area contributed by atoms with Crippen LogP contribution in [-0.2, 0) is 0 Å². The fourth-order valence-corrected chi connectivity index (χ4v) is 6.93. The van der Waals surface area contributed by atoms with Crippen molar-refractivity contribution >= 4 is 22.2 Å². The summed E-state index contributed by atoms with van der Waals surface area (Å²) in [5.74, 6) is 1.22. The molecule has 0 saturated carbocycles. The third kappa shape index (κ3) is 5.82. The van der Waals surface area contributed by atoms with E-state index in [1.807, 2.05) is 84.9 Å². The van der Waals surface area contributed by atoms with Crippen molar-refractivity contribution in [2.24, 2.45) is 0 Å². The number of aromatic nitrogens is 4. The Hall–Kier alpha value is -7.44. The molecule has 0 spiro atoms. The van der Waals surface area contributed by atoms with Crippen LogP contribution in [0.1, 0.15) is 0 Å². The summed E-state index contributed by atoms with van der Waals surface area (Å²) in [6, 6.07) is 59.5. The highest BCUT2D eigenvalue weighted by molar-refractivity contribution is 5.87. The molecule has 0 fully saturated rings. The average molecular weight is 695 g/mol. The van der Waals surface area contributed by atoms with E-state index in [-0.39, 0.29) is 0 Å². The fourth-order valence-electron chi connectivity index (χ4n) is 6.93. The van der Waals surface area contributed by atoms with Crippen molar-refractivity contribution in [3.05, 3.63) is 182 Å². The Morgan fingerprint density at radius 1 is 0.315 bits per heavy atom. The van der Waals surface area contributed by atoms with Gasteiger partial charge < -0.3 is 8.83 Å². The molecular formula is C48H30N4O2. The fraction of sp³-hybridized carbons (Fsp3) is 0. The number of para-hydroxylation sites is 4. The lowest BCUT2D eigenvalue weighted by Gasteiger charge is -2.14. The van der Waals surface area contributed by atoms with Crippen molar-refractivity contribution in [2.75, 3.05) is 0 Å². The van der Waals surface area contributed by atoms with Gasteiger partial charge in [-0.25, -0.2) is 15.0 Å². The minimum atomic E-state index is 0.602. The van der Waals surface area contributed by atoms with E-state index in [9.17, 15) is 0 Å². The standard InChI is InChI=1S/C48H30N4O2/c1-2-10-39(48-52-43-13-4-6-15-45(43)54-48)37(9-1)33-22-24-35(25-23-33)46-38(28-29-41(50-46)40-11-7-8-30-49-40)34-20-16-31(17-21-34)32-18-26-36(27-19-32)47-51-42-12-3-5-14-44(42)53-47/h1-30H. The zero-order valence-electron chi connectivity index (χ0n) is 28.9. The van der Waals surface area contributed by atoms with Gasteiger partial charge >= 0.3 is 0 Å². The molecule has 0 aliphatic rings. The third-order valence-corrected chi connectivity index (χ3v) is 9.70. The van der Waals surface area contributed by atoms with Crippen molar-refractivity contribution in [1.29, 1.82) is 0 Å². The average Bonchev–Trinajstić information content (AvgIpc) is 3.89. The molecule has 4 heterocycles. The predicted molar refractivity (Wildman–Crippen MR) is 215 cm³/mol. The van der Waals surface area contributed by atoms with Crippen LogP contribution in [0.25, 0.3) is 101 Å². The first-order chi connectivity index (χ1) is 26.7. The van der Waals surface area contributed by atoms with Gasteiger partial charge in [-0.05, 0) is 94.5 Å². The second-order valence-electron chi connectivity index (χ2n) is 13.1. The number of fused-ring (bicyclic) bond motifs is 2. The van der Waals surface area contributed by atoms with E-state index in [0.29, 0.717) is 11.8 Å². The molecule has 0 aliphatic carbocycles. The molecule has 6 heteroatoms. The summed E-state index contributed by atoms with van der Waals surface area (Å²) in [4.78, 5) is 19.2. The lowest BCUT2D eigenvalue weighted by Crippen LogP contribution is -1.94. The van der Waals surface area contributed by atoms with Crippen LogP contribution in [0.4, 0.5) is 0 Å². The predicted octanol–water partition coefficient (Wildman–Crippen LogP) is 12.4. The summed E-state index contributed by atoms with van der Waals surface area (Å²) in [6.45, 7) is 0. The summed E-state index contributed by atoms with van der Waals surface area (Å²) in [6.07, 6.45) is 1.80. The maximum absolute atomic E-state index is 6.17. The molecule has 10 rings (SSSR count). The summed E-state index contributed by atoms with van der Waals surface area (Å²) >= 11 is 0. The van der Waals surface area contributed by atoms with Gasteiger partial charge in [-0.15, -0.1) is 0 Å². The number of rotatable bonds is 7. The highest BCUT2D eigenvalue weighted by Gasteiger charge is 2.16. The van der Waals surface area contributed by atoms with Gasteiger partial charge in [0.2, 0.25) is 11.8 Å². The monoisotopic (exact) mass is 694 g/mol. The number of benzene rings is 6. The second-order valence-corrected chi connectivity index (χ2v) is 13.1. The molecule has 0 unspecified atom stereocenters. The maximum Gasteiger partial charge on any atom is 0.227 e. The molecule has 10 aromatic rings. The highest BCUT2D eigenvalue weighted by atomic mass is 16.4. The third-order valence-electron chi connectivity index (χ3n) is 9.70. The van der Waals surface area contributed by atoms with Crippen LogP contribution in [-0.4, -0.2) is 19.9 Å². The van der Waals surface area contributed by atoms with E-state index in [1.165, 1.54) is 0 Å². The van der Waals surface area contributed by atoms with Gasteiger partial charge in [0.25, 0.3) is 0 Å². The Balaban J connectivity index is 0.985. The lowest BCUT2D eigenvalue weighted by molar-refractivity contribution is 0.619. The molecule has 4 aromatic heterocycles. The summed E-state index contributed by atoms with van der Waals surface area (Å²) in [7, 11) is 0. The first-order valence-electron chi connectivity index (χ1n) is 17.8. The molecule has 0 radical (unpaired) electrons. The van der Waals surface area contributed by atoms with Crippen molar-refractivity contribution in [3.63, 3.8) is 0 Å². The van der Waals surface area contributed by atoms with E-state index in [4.69, 9.17) is 18.8 Å². The number of oxazole rings is 2. The van der Waals surface area contributed by atoms with E-state index in [2.05, 4.69) is 101 Å². The SMILES string of the molecule is c1ccc(-c2ccc(-c3ccc(-c4ccc(-c5nc6ccccc6o5)cc4)cc3)c(-c3ccc(-c4ccccc4-c4nc5ccccc5o4)cc3)n2)nc1. The van der Waals surface area contributed by atoms with Gasteiger partial charge in [0.1, 0.15) is 11.0 Å². The summed E-state index contributed by atoms with van der Waals surface area (Å²) in [5.41, 5.74) is 15.1. The molecule has 0 atom stereocenters. The van der Waals surface area contributed by atoms with E-state index in [1.54, 1.807) is 6.20 Å². The van der Waals surface area contributed by atoms with Crippen LogP contribution in [0.2, 0.25) is 0 Å². The molecule has 6 nitrogen and oxygen atoms in total. The first kappa shape index (κ1) is 31.3. The minimum Gasteiger partial charge on any atom is -0.436 e. The van der Waals surface area contributed by atoms with Crippen LogP contribution in [0.3, 0.4) is 0 Å². The van der Waals surface area contributed by atoms with Crippen molar-refractivity contribution in [1.82, 2.24) is 19.9 Å². The van der Waals surface area contributed by atoms with Gasteiger partial charge in [-0.1, -0.05) is 109 Å². The van der Waals surface area contributed by atoms with Crippen LogP contribution in [0.5, 0.6) is 0 Å². The maximum atomic E-state index is 6.17. The van der Waals surface area contributed by atoms with E-state index < -0.39 is 0 Å². The molecule has 54 heavy (non-hydrogen) atoms. The number of pyridine rings is 2. The minimum absolute atomic E-state index is 0.602. The molecule has 0 aliphatic heterocycles. The van der Waals surface area contributed by atoms with Crippen LogP contribution in [0, 0.1) is 0 Å². The van der Waals surface area contributed by atoms with Gasteiger partial charge in [-0.3, -0.25) is 4.98 Å². The molecular weight excluding hydrogens is 665 g/mol. The van der Waals surface area contributed by atoms with Crippen molar-refractivity contribution in [3.8, 4) is 78.9 Å². The van der Waals surface area contributed by atoms with E-state index in [0.717, 1.165) is 89.4 Å². The topological polar surface area (TPSA) is 77.8 Å². The van der Waals surface area contributed by atoms with Gasteiger partial charge in [0, 0.05) is 28.5 Å². The Bertz CT molecular complexity index is 2850. The van der Waals surface area contributed by atoms with Gasteiger partial charge in [0.15, 0.2) is 11.2 Å². The molecule has 0 saturated heterocycles. The Morgan fingerprint density at radius 3 is 1.48 bits per heavy atom. The quantitative estimate of drug-likeness (QED) is 0.165. The van der Waals surface area contributed by atoms with E-state index >= 15 is 0 Å². The lowest BCUT2D eigenvalue weighted by atomic mass is 9.94. The molecule has 6 aromatic carbocycles. The first-order valence-corrected chi connectivity index (χ1v) is 17.8. The van der Waals surface area contributed by atoms with Crippen LogP contribution >= 0.6 is 0 Å². The molecule has 0 N–H and O–H groups in total. The zero-order valence-corrected chi connectivity index (χ0v) is 28.9. The summed E-state index contributed by atoms with van der Waals surface area (Å²) < 4.78 is 12.2. The van der Waals surface area contributed by atoms with Crippen LogP contribution in [0.15, 0.2) is 191 Å². The zero-order chi connectivity index (χ0) is 35.8. The highest BCUT2D eigenvalue weighted by Crippen LogP contribution is 2.38. The smallest absolute Gasteiger partial charge is 0.227 e. The number of hydrogen-bond acceptors (Lipinski definition) is 6. The Kier molecular flexibility index (Phi) is 7.69. The number of hydrogen-bond donors (Lipinski definition) is 0. The molecule has 254 valence electrons. The van der Waals surface area contributed by atoms with Gasteiger partial charge in [0.05, 0.1) is 17.1 Å². The second kappa shape index (κ2) is 13.3. The van der Waals surface area contributed by atoms with Crippen molar-refractivity contribution in [2.45, 2.75) is 0 Å². The summed E-state index contributed by atoms with van der Waals surface area (Å²) in [5, 5.41) is 0. The Labute approximate surface area is 311 Å². The normalized spacial score (nSPS) is 11.3. The largest absolute Gasteiger partial charge is 0.436 e. The van der Waals surface area contributed by atoms with Crippen molar-refractivity contribution < 1.29 is 8.83 Å².